The van der Waals surface area contributed by atoms with Crippen molar-refractivity contribution in [2.24, 2.45) is 0 Å². The van der Waals surface area contributed by atoms with Gasteiger partial charge in [0.1, 0.15) is 5.60 Å². The first-order valence-electron chi connectivity index (χ1n) is 7.33. The topological polar surface area (TPSA) is 55.6 Å². The van der Waals surface area contributed by atoms with Gasteiger partial charge in [0.15, 0.2) is 0 Å². The third-order valence-corrected chi connectivity index (χ3v) is 4.59. The van der Waals surface area contributed by atoms with Crippen molar-refractivity contribution < 1.29 is 9.53 Å². The number of nitrogens with two attached hydrogens (primary N) is 1. The van der Waals surface area contributed by atoms with Gasteiger partial charge in [-0.1, -0.05) is 6.07 Å². The lowest BCUT2D eigenvalue weighted by Crippen LogP contribution is -2.42. The standard InChI is InChI=1S/C16H24N2O2S/c1-16(2,3)20-15(19)18-9-7-13(8-10-18)21-14-6-4-5-12(17)11-14/h4-6,11,13H,7-10,17H2,1-3H3. The molecular weight excluding hydrogens is 284 g/mol. The maximum absolute atomic E-state index is 12.0. The molecule has 0 unspecified atom stereocenters. The van der Waals surface area contributed by atoms with Crippen molar-refractivity contribution >= 4 is 23.5 Å². The van der Waals surface area contributed by atoms with Crippen LogP contribution in [0.3, 0.4) is 0 Å². The molecule has 0 spiro atoms. The number of nitrogen functional groups attached to an aromatic ring is 1. The molecule has 0 atom stereocenters. The van der Waals surface area contributed by atoms with Crippen LogP contribution >= 0.6 is 11.8 Å². The molecule has 0 aliphatic carbocycles. The fourth-order valence-corrected chi connectivity index (χ4v) is 3.46. The van der Waals surface area contributed by atoms with E-state index in [4.69, 9.17) is 10.5 Å². The predicted molar refractivity (Wildman–Crippen MR) is 87.5 cm³/mol. The van der Waals surface area contributed by atoms with E-state index in [0.29, 0.717) is 5.25 Å². The van der Waals surface area contributed by atoms with Gasteiger partial charge in [-0.2, -0.15) is 0 Å². The molecule has 1 heterocycles. The minimum Gasteiger partial charge on any atom is -0.444 e. The second-order valence-corrected chi connectivity index (χ2v) is 7.73. The first-order chi connectivity index (χ1) is 9.83. The molecule has 1 aliphatic heterocycles. The second-order valence-electron chi connectivity index (χ2n) is 6.36. The highest BCUT2D eigenvalue weighted by Gasteiger charge is 2.27. The van der Waals surface area contributed by atoms with Gasteiger partial charge in [0.2, 0.25) is 0 Å². The SMILES string of the molecule is CC(C)(C)OC(=O)N1CCC(Sc2cccc(N)c2)CC1. The normalized spacial score (nSPS) is 16.8. The highest BCUT2D eigenvalue weighted by Crippen LogP contribution is 2.31. The number of piperidine rings is 1. The van der Waals surface area contributed by atoms with Gasteiger partial charge in [-0.25, -0.2) is 4.79 Å². The number of hydrogen-bond acceptors (Lipinski definition) is 4. The molecule has 0 saturated carbocycles. The molecule has 0 radical (unpaired) electrons. The van der Waals surface area contributed by atoms with Crippen LogP contribution in [0, 0.1) is 0 Å². The Morgan fingerprint density at radius 2 is 2.00 bits per heavy atom. The van der Waals surface area contributed by atoms with Crippen molar-refractivity contribution in [1.29, 1.82) is 0 Å². The minimum absolute atomic E-state index is 0.199. The molecule has 1 saturated heterocycles. The Morgan fingerprint density at radius 1 is 1.33 bits per heavy atom. The molecule has 2 N–H and O–H groups in total. The van der Waals surface area contributed by atoms with E-state index in [9.17, 15) is 4.79 Å². The summed E-state index contributed by atoms with van der Waals surface area (Å²) in [7, 11) is 0. The van der Waals surface area contributed by atoms with Gasteiger partial charge in [-0.3, -0.25) is 0 Å². The molecule has 1 aliphatic rings. The molecule has 1 fully saturated rings. The number of anilines is 1. The van der Waals surface area contributed by atoms with Gasteiger partial charge in [0, 0.05) is 28.9 Å². The van der Waals surface area contributed by atoms with Crippen LogP contribution < -0.4 is 5.73 Å². The Hall–Kier alpha value is -1.36. The average molecular weight is 308 g/mol. The van der Waals surface area contributed by atoms with Crippen molar-refractivity contribution in [3.8, 4) is 0 Å². The van der Waals surface area contributed by atoms with Crippen molar-refractivity contribution in [2.45, 2.75) is 49.4 Å². The van der Waals surface area contributed by atoms with Crippen LogP contribution in [0.5, 0.6) is 0 Å². The summed E-state index contributed by atoms with van der Waals surface area (Å²) in [5, 5.41) is 0.533. The average Bonchev–Trinajstić information content (AvgIpc) is 2.37. The molecule has 0 bridgehead atoms. The van der Waals surface area contributed by atoms with Crippen LogP contribution in [-0.2, 0) is 4.74 Å². The second kappa shape index (κ2) is 6.60. The molecule has 1 aromatic rings. The Balaban J connectivity index is 1.82. The first-order valence-corrected chi connectivity index (χ1v) is 8.21. The maximum atomic E-state index is 12.0. The smallest absolute Gasteiger partial charge is 0.410 e. The molecule has 5 heteroatoms. The van der Waals surface area contributed by atoms with E-state index in [0.717, 1.165) is 31.6 Å². The number of carbonyl (C=O) groups is 1. The van der Waals surface area contributed by atoms with Crippen LogP contribution in [0.2, 0.25) is 0 Å². The third kappa shape index (κ3) is 5.16. The Morgan fingerprint density at radius 3 is 2.57 bits per heavy atom. The lowest BCUT2D eigenvalue weighted by molar-refractivity contribution is 0.0219. The Bertz CT molecular complexity index is 491. The zero-order valence-corrected chi connectivity index (χ0v) is 13.8. The fourth-order valence-electron chi connectivity index (χ4n) is 2.26. The molecular formula is C16H24N2O2S. The summed E-state index contributed by atoms with van der Waals surface area (Å²) >= 11 is 1.85. The minimum atomic E-state index is -0.426. The molecule has 1 amide bonds. The van der Waals surface area contributed by atoms with Crippen LogP contribution in [0.1, 0.15) is 33.6 Å². The van der Waals surface area contributed by atoms with Crippen molar-refractivity contribution in [3.63, 3.8) is 0 Å². The van der Waals surface area contributed by atoms with Gasteiger partial charge in [-0.15, -0.1) is 11.8 Å². The van der Waals surface area contributed by atoms with Gasteiger partial charge in [-0.05, 0) is 51.8 Å². The number of benzene rings is 1. The van der Waals surface area contributed by atoms with Crippen LogP contribution in [0.4, 0.5) is 10.5 Å². The van der Waals surface area contributed by atoms with Crippen molar-refractivity contribution in [3.05, 3.63) is 24.3 Å². The maximum Gasteiger partial charge on any atom is 0.410 e. The number of carbonyl (C=O) groups excluding carboxylic acids is 1. The monoisotopic (exact) mass is 308 g/mol. The van der Waals surface area contributed by atoms with Gasteiger partial charge in [0.05, 0.1) is 0 Å². The zero-order valence-electron chi connectivity index (χ0n) is 13.0. The van der Waals surface area contributed by atoms with Gasteiger partial charge >= 0.3 is 6.09 Å². The summed E-state index contributed by atoms with van der Waals surface area (Å²) in [5.74, 6) is 0. The van der Waals surface area contributed by atoms with Crippen LogP contribution in [0.15, 0.2) is 29.2 Å². The van der Waals surface area contributed by atoms with Crippen LogP contribution in [0.25, 0.3) is 0 Å². The van der Waals surface area contributed by atoms with Crippen LogP contribution in [-0.4, -0.2) is 34.9 Å². The lowest BCUT2D eigenvalue weighted by Gasteiger charge is -2.33. The number of amides is 1. The van der Waals surface area contributed by atoms with Gasteiger partial charge < -0.3 is 15.4 Å². The highest BCUT2D eigenvalue weighted by atomic mass is 32.2. The largest absolute Gasteiger partial charge is 0.444 e. The molecule has 116 valence electrons. The third-order valence-electron chi connectivity index (χ3n) is 3.25. The highest BCUT2D eigenvalue weighted by molar-refractivity contribution is 8.00. The summed E-state index contributed by atoms with van der Waals surface area (Å²) < 4.78 is 5.41. The van der Waals surface area contributed by atoms with Gasteiger partial charge in [0.25, 0.3) is 0 Å². The molecule has 0 aromatic heterocycles. The van der Waals surface area contributed by atoms with E-state index < -0.39 is 5.60 Å². The molecule has 21 heavy (non-hydrogen) atoms. The quantitative estimate of drug-likeness (QED) is 0.845. The fraction of sp³-hybridized carbons (Fsp3) is 0.562. The van der Waals surface area contributed by atoms with E-state index >= 15 is 0 Å². The van der Waals surface area contributed by atoms with E-state index in [2.05, 4.69) is 6.07 Å². The molecule has 2 rings (SSSR count). The number of ether oxygens (including phenoxy) is 1. The summed E-state index contributed by atoms with van der Waals surface area (Å²) in [6.07, 6.45) is 1.77. The number of hydrogen-bond donors (Lipinski definition) is 1. The van der Waals surface area contributed by atoms with Crippen molar-refractivity contribution in [1.82, 2.24) is 4.90 Å². The number of rotatable bonds is 2. The van der Waals surface area contributed by atoms with E-state index in [1.807, 2.05) is 55.6 Å². The molecule has 1 aromatic carbocycles. The summed E-state index contributed by atoms with van der Waals surface area (Å²) in [6.45, 7) is 7.21. The van der Waals surface area contributed by atoms with Crippen molar-refractivity contribution in [2.75, 3.05) is 18.8 Å². The summed E-state index contributed by atoms with van der Waals surface area (Å²) in [6, 6.07) is 7.97. The first kappa shape index (κ1) is 16.0. The number of likely N-dealkylation sites (tertiary alicyclic amines) is 1. The summed E-state index contributed by atoms with van der Waals surface area (Å²) in [4.78, 5) is 15.0. The molecule has 4 nitrogen and oxygen atoms in total. The lowest BCUT2D eigenvalue weighted by atomic mass is 10.1. The van der Waals surface area contributed by atoms with E-state index in [1.54, 1.807) is 0 Å². The Kier molecular flexibility index (Phi) is 5.04. The summed E-state index contributed by atoms with van der Waals surface area (Å²) in [5.41, 5.74) is 6.17. The number of nitrogens with zero attached hydrogens (tertiary/aromatic N) is 1. The number of thioether (sulfide) groups is 1. The van der Waals surface area contributed by atoms with E-state index in [-0.39, 0.29) is 6.09 Å². The zero-order chi connectivity index (χ0) is 15.5. The van der Waals surface area contributed by atoms with E-state index in [1.165, 1.54) is 4.90 Å². The Labute approximate surface area is 131 Å². The predicted octanol–water partition coefficient (Wildman–Crippen LogP) is 3.76.